The Morgan fingerprint density at radius 3 is 2.51 bits per heavy atom. The average Bonchev–Trinajstić information content (AvgIpc) is 3.10. The summed E-state index contributed by atoms with van der Waals surface area (Å²) in [4.78, 5) is 41.6. The van der Waals surface area contributed by atoms with Crippen LogP contribution in [0.4, 0.5) is 10.5 Å². The van der Waals surface area contributed by atoms with Gasteiger partial charge in [-0.05, 0) is 79.0 Å². The second kappa shape index (κ2) is 14.5. The number of nitrogens with one attached hydrogen (secondary N) is 3. The van der Waals surface area contributed by atoms with Crippen molar-refractivity contribution < 1.29 is 19.5 Å². The monoisotopic (exact) mass is 603 g/mol. The van der Waals surface area contributed by atoms with Crippen LogP contribution < -0.4 is 26.6 Å². The van der Waals surface area contributed by atoms with Gasteiger partial charge in [0.25, 0.3) is 0 Å². The predicted octanol–water partition coefficient (Wildman–Crippen LogP) is 3.96. The van der Waals surface area contributed by atoms with Crippen molar-refractivity contribution in [3.05, 3.63) is 83.4 Å². The van der Waals surface area contributed by atoms with Gasteiger partial charge in [-0.15, -0.1) is 11.8 Å². The minimum Gasteiger partial charge on any atom is -0.395 e. The first-order chi connectivity index (χ1) is 20.6. The van der Waals surface area contributed by atoms with Gasteiger partial charge in [0.15, 0.2) is 0 Å². The zero-order valence-electron chi connectivity index (χ0n) is 25.0. The molecule has 0 aliphatic carbocycles. The van der Waals surface area contributed by atoms with Gasteiger partial charge in [0, 0.05) is 35.6 Å². The van der Waals surface area contributed by atoms with E-state index in [9.17, 15) is 14.4 Å². The van der Waals surface area contributed by atoms with Gasteiger partial charge in [-0.2, -0.15) is 0 Å². The Balaban J connectivity index is 1.56. The zero-order chi connectivity index (χ0) is 31.0. The molecule has 228 valence electrons. The third kappa shape index (κ3) is 8.82. The van der Waals surface area contributed by atoms with Gasteiger partial charge in [0.1, 0.15) is 6.04 Å². The number of rotatable bonds is 11. The molecule has 1 aliphatic heterocycles. The second-order valence-corrected chi connectivity index (χ2v) is 12.3. The van der Waals surface area contributed by atoms with Crippen LogP contribution in [0.5, 0.6) is 0 Å². The summed E-state index contributed by atoms with van der Waals surface area (Å²) in [7, 11) is 0. The molecule has 0 aromatic heterocycles. The Morgan fingerprint density at radius 2 is 1.81 bits per heavy atom. The fourth-order valence-electron chi connectivity index (χ4n) is 5.17. The first-order valence-electron chi connectivity index (χ1n) is 14.4. The lowest BCUT2D eigenvalue weighted by Gasteiger charge is -2.27. The number of carbonyl (C=O) groups is 3. The van der Waals surface area contributed by atoms with E-state index in [0.717, 1.165) is 38.4 Å². The van der Waals surface area contributed by atoms with Crippen molar-refractivity contribution in [2.45, 2.75) is 62.7 Å². The lowest BCUT2D eigenvalue weighted by atomic mass is 9.98. The third-order valence-corrected chi connectivity index (χ3v) is 7.98. The van der Waals surface area contributed by atoms with Gasteiger partial charge in [0.2, 0.25) is 11.8 Å². The van der Waals surface area contributed by atoms with E-state index in [1.165, 1.54) is 0 Å². The molecular weight excluding hydrogens is 562 g/mol. The van der Waals surface area contributed by atoms with E-state index < -0.39 is 11.6 Å². The quantitative estimate of drug-likeness (QED) is 0.211. The maximum absolute atomic E-state index is 13.9. The molecule has 4 amide bonds. The fraction of sp³-hybridized carbons (Fsp3) is 0.364. The van der Waals surface area contributed by atoms with Gasteiger partial charge >= 0.3 is 6.03 Å². The van der Waals surface area contributed by atoms with Gasteiger partial charge in [-0.25, -0.2) is 4.79 Å². The molecule has 0 bridgehead atoms. The predicted molar refractivity (Wildman–Crippen MR) is 172 cm³/mol. The molecule has 0 saturated heterocycles. The number of urea groups is 1. The van der Waals surface area contributed by atoms with Crippen molar-refractivity contribution in [1.82, 2.24) is 16.0 Å². The number of anilines is 1. The molecule has 1 atom stereocenters. The molecule has 0 unspecified atom stereocenters. The Kier molecular flexibility index (Phi) is 10.8. The van der Waals surface area contributed by atoms with Crippen LogP contribution >= 0.6 is 11.8 Å². The SMILES string of the molecule is CSc1ccc2c(c1)CC[C@@H](NC(=O)CC(C)(C)N)C(=O)N2Cc1ccc(-c2ccccc2CNC(=O)NCCO)cc1. The number of nitrogens with zero attached hydrogens (tertiary/aromatic N) is 1. The van der Waals surface area contributed by atoms with Gasteiger partial charge in [-0.3, -0.25) is 9.59 Å². The molecule has 4 rings (SSSR count). The van der Waals surface area contributed by atoms with Crippen molar-refractivity contribution in [3.8, 4) is 11.1 Å². The number of thioether (sulfide) groups is 1. The molecule has 1 heterocycles. The van der Waals surface area contributed by atoms with Crippen LogP contribution in [0.2, 0.25) is 0 Å². The van der Waals surface area contributed by atoms with Crippen molar-refractivity contribution in [2.75, 3.05) is 24.3 Å². The number of hydrogen-bond donors (Lipinski definition) is 5. The Bertz CT molecular complexity index is 1440. The van der Waals surface area contributed by atoms with E-state index in [1.54, 1.807) is 30.5 Å². The highest BCUT2D eigenvalue weighted by molar-refractivity contribution is 7.98. The Hall–Kier alpha value is -3.86. The Morgan fingerprint density at radius 1 is 1.07 bits per heavy atom. The molecule has 1 aliphatic rings. The summed E-state index contributed by atoms with van der Waals surface area (Å²) in [6.07, 6.45) is 3.34. The maximum atomic E-state index is 13.9. The number of nitrogens with two attached hydrogens (primary N) is 1. The number of aliphatic hydroxyl groups excluding tert-OH is 1. The molecule has 0 saturated carbocycles. The van der Waals surface area contributed by atoms with E-state index in [-0.39, 0.29) is 37.4 Å². The van der Waals surface area contributed by atoms with E-state index in [0.29, 0.717) is 25.9 Å². The van der Waals surface area contributed by atoms with E-state index >= 15 is 0 Å². The molecule has 0 spiro atoms. The summed E-state index contributed by atoms with van der Waals surface area (Å²) in [5, 5.41) is 17.3. The van der Waals surface area contributed by atoms with Crippen molar-refractivity contribution >= 4 is 35.3 Å². The van der Waals surface area contributed by atoms with Crippen molar-refractivity contribution in [1.29, 1.82) is 0 Å². The second-order valence-electron chi connectivity index (χ2n) is 11.4. The lowest BCUT2D eigenvalue weighted by molar-refractivity contribution is -0.128. The number of benzene rings is 3. The highest BCUT2D eigenvalue weighted by Gasteiger charge is 2.32. The van der Waals surface area contributed by atoms with Gasteiger partial charge in [0.05, 0.1) is 13.2 Å². The number of amides is 4. The van der Waals surface area contributed by atoms with Crippen LogP contribution in [0.3, 0.4) is 0 Å². The molecule has 0 radical (unpaired) electrons. The largest absolute Gasteiger partial charge is 0.395 e. The molecule has 3 aromatic rings. The van der Waals surface area contributed by atoms with Crippen molar-refractivity contribution in [3.63, 3.8) is 0 Å². The summed E-state index contributed by atoms with van der Waals surface area (Å²) in [5.74, 6) is -0.372. The molecule has 43 heavy (non-hydrogen) atoms. The normalized spacial score (nSPS) is 15.0. The number of fused-ring (bicyclic) bond motifs is 1. The standard InChI is InChI=1S/C33H41N5O4S/c1-33(2,34)19-30(40)37-28-14-12-24-18-26(43-3)13-15-29(24)38(31(28)41)21-22-8-10-23(11-9-22)27-7-5-4-6-25(27)20-36-32(42)35-16-17-39/h4-11,13,15,18,28,39H,12,14,16-17,19-21,34H2,1-3H3,(H,37,40)(H2,35,36,42)/t28-/m1/s1. The maximum Gasteiger partial charge on any atom is 0.315 e. The third-order valence-electron chi connectivity index (χ3n) is 7.26. The minimum atomic E-state index is -0.670. The van der Waals surface area contributed by atoms with Crippen molar-refractivity contribution in [2.24, 2.45) is 5.73 Å². The van der Waals surface area contributed by atoms with E-state index in [4.69, 9.17) is 10.8 Å². The molecule has 10 heteroatoms. The Labute approximate surface area is 257 Å². The molecule has 9 nitrogen and oxygen atoms in total. The minimum absolute atomic E-state index is 0.119. The van der Waals surface area contributed by atoms with Gasteiger partial charge < -0.3 is 31.7 Å². The highest BCUT2D eigenvalue weighted by atomic mass is 32.2. The van der Waals surface area contributed by atoms with Crippen LogP contribution in [-0.2, 0) is 29.1 Å². The lowest BCUT2D eigenvalue weighted by Crippen LogP contribution is -2.49. The topological polar surface area (TPSA) is 137 Å². The van der Waals surface area contributed by atoms with E-state index in [2.05, 4.69) is 22.0 Å². The van der Waals surface area contributed by atoms with Crippen LogP contribution in [0.25, 0.3) is 11.1 Å². The summed E-state index contributed by atoms with van der Waals surface area (Å²) in [5.41, 5.74) is 11.2. The van der Waals surface area contributed by atoms with E-state index in [1.807, 2.05) is 66.9 Å². The van der Waals surface area contributed by atoms with Crippen LogP contribution in [0.1, 0.15) is 43.4 Å². The summed E-state index contributed by atoms with van der Waals surface area (Å²) in [6.45, 7) is 4.35. The molecular formula is C33H41N5O4S. The first-order valence-corrected chi connectivity index (χ1v) is 15.7. The molecule has 6 N–H and O–H groups in total. The van der Waals surface area contributed by atoms with Crippen LogP contribution in [0.15, 0.2) is 71.6 Å². The zero-order valence-corrected chi connectivity index (χ0v) is 25.8. The summed E-state index contributed by atoms with van der Waals surface area (Å²) < 4.78 is 0. The molecule has 3 aromatic carbocycles. The first kappa shape index (κ1) is 32.1. The smallest absolute Gasteiger partial charge is 0.315 e. The summed E-state index contributed by atoms with van der Waals surface area (Å²) >= 11 is 1.66. The molecule has 0 fully saturated rings. The number of aryl methyl sites for hydroxylation is 1. The number of hydrogen-bond acceptors (Lipinski definition) is 6. The van der Waals surface area contributed by atoms with Gasteiger partial charge in [-0.1, -0.05) is 48.5 Å². The fourth-order valence-corrected chi connectivity index (χ4v) is 5.64. The number of carbonyl (C=O) groups excluding carboxylic acids is 3. The highest BCUT2D eigenvalue weighted by Crippen LogP contribution is 2.32. The number of aliphatic hydroxyl groups is 1. The van der Waals surface area contributed by atoms with Crippen LogP contribution in [0, 0.1) is 0 Å². The summed E-state index contributed by atoms with van der Waals surface area (Å²) in [6, 6.07) is 21.1. The average molecular weight is 604 g/mol. The van der Waals surface area contributed by atoms with Crippen LogP contribution in [-0.4, -0.2) is 53.9 Å².